The summed E-state index contributed by atoms with van der Waals surface area (Å²) in [6, 6.07) is 0.513. The van der Waals surface area contributed by atoms with Crippen LogP contribution in [-0.4, -0.2) is 65.0 Å². The summed E-state index contributed by atoms with van der Waals surface area (Å²) in [6.45, 7) is 0.689. The minimum atomic E-state index is -0.418. The predicted molar refractivity (Wildman–Crippen MR) is 82.8 cm³/mol. The third-order valence-electron chi connectivity index (χ3n) is 4.33. The zero-order chi connectivity index (χ0) is 17.4. The van der Waals surface area contributed by atoms with E-state index in [1.807, 2.05) is 0 Å². The van der Waals surface area contributed by atoms with Gasteiger partial charge in [0.05, 0.1) is 25.3 Å². The minimum absolute atomic E-state index is 0.00208. The van der Waals surface area contributed by atoms with Gasteiger partial charge >= 0.3 is 6.03 Å². The quantitative estimate of drug-likeness (QED) is 0.727. The Morgan fingerprint density at radius 1 is 1.33 bits per heavy atom. The number of carbonyl (C=O) groups is 3. The van der Waals surface area contributed by atoms with Crippen molar-refractivity contribution in [3.8, 4) is 5.75 Å². The number of nitrogens with zero attached hydrogens (tertiary/aromatic N) is 3. The number of imide groups is 1. The number of amides is 4. The van der Waals surface area contributed by atoms with Gasteiger partial charge in [-0.3, -0.25) is 19.3 Å². The van der Waals surface area contributed by atoms with Gasteiger partial charge in [-0.15, -0.1) is 0 Å². The Kier molecular flexibility index (Phi) is 4.00. The first-order valence-electron chi connectivity index (χ1n) is 7.56. The second-order valence-corrected chi connectivity index (χ2v) is 5.82. The number of pyridine rings is 1. The van der Waals surface area contributed by atoms with Gasteiger partial charge in [0.2, 0.25) is 5.91 Å². The normalized spacial score (nSPS) is 20.5. The Labute approximate surface area is 137 Å². The summed E-state index contributed by atoms with van der Waals surface area (Å²) >= 11 is 0. The molecule has 3 heterocycles. The Balaban J connectivity index is 1.80. The molecule has 1 aromatic heterocycles. The molecule has 3 rings (SSSR count). The Morgan fingerprint density at radius 2 is 2.08 bits per heavy atom. The maximum absolute atomic E-state index is 12.7. The summed E-state index contributed by atoms with van der Waals surface area (Å²) in [5.74, 6) is -0.363. The number of likely N-dealkylation sites (tertiary alicyclic amines) is 1. The lowest BCUT2D eigenvalue weighted by Crippen LogP contribution is -2.43. The van der Waals surface area contributed by atoms with E-state index in [0.717, 1.165) is 0 Å². The highest BCUT2D eigenvalue weighted by molar-refractivity contribution is 6.02. The van der Waals surface area contributed by atoms with E-state index in [9.17, 15) is 19.2 Å². The van der Waals surface area contributed by atoms with E-state index in [-0.39, 0.29) is 47.8 Å². The van der Waals surface area contributed by atoms with Crippen LogP contribution in [0, 0.1) is 0 Å². The van der Waals surface area contributed by atoms with Gasteiger partial charge in [-0.05, 0) is 6.42 Å². The van der Waals surface area contributed by atoms with E-state index in [4.69, 9.17) is 4.74 Å². The van der Waals surface area contributed by atoms with Crippen molar-refractivity contribution in [1.29, 1.82) is 0 Å². The number of urea groups is 1. The van der Waals surface area contributed by atoms with Gasteiger partial charge in [0.1, 0.15) is 5.75 Å². The highest BCUT2D eigenvalue weighted by Crippen LogP contribution is 2.23. The topological polar surface area (TPSA) is 101 Å². The molecule has 2 aliphatic rings. The lowest BCUT2D eigenvalue weighted by atomic mass is 10.2. The molecule has 1 atom stereocenters. The van der Waals surface area contributed by atoms with E-state index in [0.29, 0.717) is 13.0 Å². The fourth-order valence-corrected chi connectivity index (χ4v) is 3.05. The van der Waals surface area contributed by atoms with Crippen molar-refractivity contribution in [2.75, 3.05) is 26.7 Å². The maximum atomic E-state index is 12.7. The number of carbonyl (C=O) groups excluding carboxylic acids is 3. The summed E-state index contributed by atoms with van der Waals surface area (Å²) < 4.78 is 6.44. The summed E-state index contributed by atoms with van der Waals surface area (Å²) in [7, 11) is 2.95. The number of hydrogen-bond donors (Lipinski definition) is 1. The molecule has 2 saturated heterocycles. The first-order valence-corrected chi connectivity index (χ1v) is 7.56. The highest BCUT2D eigenvalue weighted by atomic mass is 16.5. The van der Waals surface area contributed by atoms with E-state index >= 15 is 0 Å². The highest BCUT2D eigenvalue weighted by Gasteiger charge is 2.40. The van der Waals surface area contributed by atoms with Crippen molar-refractivity contribution < 1.29 is 19.1 Å². The predicted octanol–water partition coefficient (Wildman–Crippen LogP) is -0.840. The van der Waals surface area contributed by atoms with Crippen LogP contribution in [0.25, 0.3) is 0 Å². The molecule has 9 nitrogen and oxygen atoms in total. The molecular weight excluding hydrogens is 316 g/mol. The molecule has 0 aromatic carbocycles. The summed E-state index contributed by atoms with van der Waals surface area (Å²) in [5.41, 5.74) is -0.000479. The molecular formula is C15H18N4O5. The molecule has 128 valence electrons. The number of aryl methyl sites for hydroxylation is 1. The average molecular weight is 334 g/mol. The largest absolute Gasteiger partial charge is 0.496 e. The van der Waals surface area contributed by atoms with Crippen molar-refractivity contribution >= 4 is 17.8 Å². The molecule has 4 amide bonds. The molecule has 2 fully saturated rings. The van der Waals surface area contributed by atoms with E-state index in [2.05, 4.69) is 5.32 Å². The minimum Gasteiger partial charge on any atom is -0.496 e. The standard InChI is InChI=1S/C15H18N4O5/c1-17-8-10(11(24-2)5-12(17)20)14(22)18-4-3-9(7-18)19-13(21)6-16-15(19)23/h5,8-9H,3-4,6-7H2,1-2H3,(H,16,23). The van der Waals surface area contributed by atoms with Crippen molar-refractivity contribution in [3.05, 3.63) is 28.2 Å². The molecule has 24 heavy (non-hydrogen) atoms. The van der Waals surface area contributed by atoms with E-state index in [1.165, 1.54) is 28.8 Å². The number of rotatable bonds is 3. The van der Waals surface area contributed by atoms with Crippen molar-refractivity contribution in [2.24, 2.45) is 7.05 Å². The molecule has 1 aromatic rings. The van der Waals surface area contributed by atoms with Gasteiger partial charge in [-0.25, -0.2) is 4.79 Å². The molecule has 0 bridgehead atoms. The number of nitrogens with one attached hydrogen (secondary N) is 1. The Morgan fingerprint density at radius 3 is 2.71 bits per heavy atom. The SMILES string of the molecule is COc1cc(=O)n(C)cc1C(=O)N1CCC(N2C(=O)CNC2=O)C1. The van der Waals surface area contributed by atoms with Crippen LogP contribution in [-0.2, 0) is 11.8 Å². The van der Waals surface area contributed by atoms with Gasteiger partial charge in [0.25, 0.3) is 11.5 Å². The van der Waals surface area contributed by atoms with Gasteiger partial charge in [-0.2, -0.15) is 0 Å². The van der Waals surface area contributed by atoms with Gasteiger partial charge in [-0.1, -0.05) is 0 Å². The fraction of sp³-hybridized carbons (Fsp3) is 0.467. The summed E-state index contributed by atoms with van der Waals surface area (Å²) in [5, 5.41) is 2.48. The first-order chi connectivity index (χ1) is 11.4. The fourth-order valence-electron chi connectivity index (χ4n) is 3.05. The van der Waals surface area contributed by atoms with Crippen LogP contribution >= 0.6 is 0 Å². The number of ether oxygens (including phenoxy) is 1. The second-order valence-electron chi connectivity index (χ2n) is 5.82. The average Bonchev–Trinajstić information content (AvgIpc) is 3.15. The summed E-state index contributed by atoms with van der Waals surface area (Å²) in [6.07, 6.45) is 1.96. The van der Waals surface area contributed by atoms with Crippen LogP contribution in [0.1, 0.15) is 16.8 Å². The van der Waals surface area contributed by atoms with Crippen LogP contribution in [0.4, 0.5) is 4.79 Å². The monoisotopic (exact) mass is 334 g/mol. The number of methoxy groups -OCH3 is 1. The second kappa shape index (κ2) is 5.99. The molecule has 1 unspecified atom stereocenters. The van der Waals surface area contributed by atoms with Gasteiger partial charge < -0.3 is 19.5 Å². The zero-order valence-corrected chi connectivity index (χ0v) is 13.4. The molecule has 0 radical (unpaired) electrons. The maximum Gasteiger partial charge on any atom is 0.324 e. The third kappa shape index (κ3) is 2.61. The van der Waals surface area contributed by atoms with Crippen molar-refractivity contribution in [2.45, 2.75) is 12.5 Å². The van der Waals surface area contributed by atoms with Crippen LogP contribution in [0.15, 0.2) is 17.1 Å². The zero-order valence-electron chi connectivity index (χ0n) is 13.4. The summed E-state index contributed by atoms with van der Waals surface area (Å²) in [4.78, 5) is 50.7. The molecule has 9 heteroatoms. The van der Waals surface area contributed by atoms with Crippen LogP contribution in [0.3, 0.4) is 0 Å². The van der Waals surface area contributed by atoms with Crippen LogP contribution in [0.2, 0.25) is 0 Å². The van der Waals surface area contributed by atoms with Gasteiger partial charge in [0.15, 0.2) is 0 Å². The van der Waals surface area contributed by atoms with Gasteiger partial charge in [0, 0.05) is 32.4 Å². The van der Waals surface area contributed by atoms with Crippen molar-refractivity contribution in [1.82, 2.24) is 19.7 Å². The van der Waals surface area contributed by atoms with Crippen molar-refractivity contribution in [3.63, 3.8) is 0 Å². The lowest BCUT2D eigenvalue weighted by Gasteiger charge is -2.22. The number of aromatic nitrogens is 1. The van der Waals surface area contributed by atoms with Crippen LogP contribution < -0.4 is 15.6 Å². The Hall–Kier alpha value is -2.84. The Bertz CT molecular complexity index is 756. The molecule has 1 N–H and O–H groups in total. The lowest BCUT2D eigenvalue weighted by molar-refractivity contribution is -0.126. The van der Waals surface area contributed by atoms with E-state index < -0.39 is 6.03 Å². The van der Waals surface area contributed by atoms with Crippen LogP contribution in [0.5, 0.6) is 5.75 Å². The third-order valence-corrected chi connectivity index (χ3v) is 4.33. The molecule has 0 spiro atoms. The van der Waals surface area contributed by atoms with E-state index in [1.54, 1.807) is 11.9 Å². The smallest absolute Gasteiger partial charge is 0.324 e. The first kappa shape index (κ1) is 16.0. The molecule has 0 aliphatic carbocycles. The number of hydrogen-bond acceptors (Lipinski definition) is 5. The molecule has 2 aliphatic heterocycles. The molecule has 0 saturated carbocycles.